The van der Waals surface area contributed by atoms with Crippen molar-refractivity contribution < 1.29 is 23.8 Å². The second-order valence-electron chi connectivity index (χ2n) is 4.94. The largest absolute Gasteiger partial charge is 0.514 e. The van der Waals surface area contributed by atoms with Crippen molar-refractivity contribution in [3.05, 3.63) is 58.9 Å². The monoisotopic (exact) mass is 270 g/mol. The van der Waals surface area contributed by atoms with Crippen LogP contribution in [0.15, 0.2) is 47.7 Å². The fraction of sp³-hybridized carbons (Fsp3) is 0.200. The highest BCUT2D eigenvalue weighted by atomic mass is 16.7. The third-order valence-corrected chi connectivity index (χ3v) is 3.76. The van der Waals surface area contributed by atoms with E-state index in [2.05, 4.69) is 0 Å². The lowest BCUT2D eigenvalue weighted by atomic mass is 9.82. The Hall–Kier alpha value is -2.56. The van der Waals surface area contributed by atoms with Crippen molar-refractivity contribution in [3.8, 4) is 0 Å². The molecule has 20 heavy (non-hydrogen) atoms. The van der Waals surface area contributed by atoms with Gasteiger partial charge >= 0.3 is 12.1 Å². The number of carbonyl (C=O) groups is 2. The molecular weight excluding hydrogens is 260 g/mol. The van der Waals surface area contributed by atoms with Crippen LogP contribution in [0.2, 0.25) is 0 Å². The summed E-state index contributed by atoms with van der Waals surface area (Å²) < 4.78 is 15.5. The molecular formula is C15H10O5. The van der Waals surface area contributed by atoms with Gasteiger partial charge in [0, 0.05) is 17.6 Å². The van der Waals surface area contributed by atoms with E-state index in [-0.39, 0.29) is 12.6 Å². The number of hydrogen-bond donors (Lipinski definition) is 0. The Kier molecular flexibility index (Phi) is 2.10. The molecule has 2 aliphatic heterocycles. The van der Waals surface area contributed by atoms with Crippen LogP contribution in [0.3, 0.4) is 0 Å². The topological polar surface area (TPSA) is 61.8 Å². The third-order valence-electron chi connectivity index (χ3n) is 3.76. The van der Waals surface area contributed by atoms with Crippen molar-refractivity contribution in [2.24, 2.45) is 0 Å². The van der Waals surface area contributed by atoms with E-state index in [9.17, 15) is 9.59 Å². The second-order valence-corrected chi connectivity index (χ2v) is 4.94. The molecule has 5 heteroatoms. The van der Waals surface area contributed by atoms with Crippen LogP contribution < -0.4 is 0 Å². The van der Waals surface area contributed by atoms with Gasteiger partial charge in [0.2, 0.25) is 0 Å². The predicted octanol–water partition coefficient (Wildman–Crippen LogP) is 2.43. The molecule has 3 aliphatic rings. The normalized spacial score (nSPS) is 26.8. The Bertz CT molecular complexity index is 700. The lowest BCUT2D eigenvalue weighted by Crippen LogP contribution is -2.31. The van der Waals surface area contributed by atoms with Crippen molar-refractivity contribution in [2.45, 2.75) is 12.0 Å². The molecule has 0 aromatic heterocycles. The van der Waals surface area contributed by atoms with Crippen LogP contribution in [0.4, 0.5) is 4.79 Å². The highest BCUT2D eigenvalue weighted by Gasteiger charge is 2.46. The van der Waals surface area contributed by atoms with E-state index in [0.29, 0.717) is 17.7 Å². The van der Waals surface area contributed by atoms with E-state index in [0.717, 1.165) is 11.1 Å². The van der Waals surface area contributed by atoms with Gasteiger partial charge in [0.25, 0.3) is 0 Å². The molecule has 0 N–H and O–H groups in total. The minimum atomic E-state index is -0.806. The molecule has 1 spiro atoms. The van der Waals surface area contributed by atoms with Gasteiger partial charge in [-0.2, -0.15) is 0 Å². The summed E-state index contributed by atoms with van der Waals surface area (Å²) >= 11 is 0. The summed E-state index contributed by atoms with van der Waals surface area (Å²) in [4.78, 5) is 23.0. The van der Waals surface area contributed by atoms with Gasteiger partial charge in [0.05, 0.1) is 5.56 Å². The zero-order valence-electron chi connectivity index (χ0n) is 10.4. The average molecular weight is 270 g/mol. The highest BCUT2D eigenvalue weighted by Crippen LogP contribution is 2.45. The van der Waals surface area contributed by atoms with Gasteiger partial charge < -0.3 is 14.2 Å². The van der Waals surface area contributed by atoms with Crippen LogP contribution in [0, 0.1) is 0 Å². The van der Waals surface area contributed by atoms with Crippen molar-refractivity contribution in [1.29, 1.82) is 0 Å². The van der Waals surface area contributed by atoms with Crippen molar-refractivity contribution in [1.82, 2.24) is 0 Å². The summed E-state index contributed by atoms with van der Waals surface area (Å²) in [6, 6.07) is 7.31. The number of hydrogen-bond acceptors (Lipinski definition) is 5. The SMILES string of the molecule is O=C1OCC2=C(C=CC3(C2)OC(=O)c2ccccc23)O1. The number of rotatable bonds is 0. The zero-order chi connectivity index (χ0) is 13.7. The first kappa shape index (κ1) is 11.3. The molecule has 0 bridgehead atoms. The average Bonchev–Trinajstić information content (AvgIpc) is 2.73. The van der Waals surface area contributed by atoms with E-state index in [1.165, 1.54) is 0 Å². The summed E-state index contributed by atoms with van der Waals surface area (Å²) in [6.07, 6.45) is 3.19. The van der Waals surface area contributed by atoms with E-state index < -0.39 is 11.8 Å². The Morgan fingerprint density at radius 3 is 2.90 bits per heavy atom. The fourth-order valence-electron chi connectivity index (χ4n) is 2.85. The first-order valence-electron chi connectivity index (χ1n) is 6.27. The Labute approximate surface area is 114 Å². The van der Waals surface area contributed by atoms with Crippen LogP contribution in [0.5, 0.6) is 0 Å². The van der Waals surface area contributed by atoms with Crippen LogP contribution >= 0.6 is 0 Å². The number of esters is 1. The molecule has 0 amide bonds. The molecule has 100 valence electrons. The van der Waals surface area contributed by atoms with Gasteiger partial charge in [-0.15, -0.1) is 0 Å². The fourth-order valence-corrected chi connectivity index (χ4v) is 2.85. The first-order valence-corrected chi connectivity index (χ1v) is 6.27. The van der Waals surface area contributed by atoms with Gasteiger partial charge in [-0.3, -0.25) is 0 Å². The molecule has 1 aromatic carbocycles. The maximum absolute atomic E-state index is 12.0. The second kappa shape index (κ2) is 3.72. The minimum Gasteiger partial charge on any atom is -0.446 e. The number of carbonyl (C=O) groups excluding carboxylic acids is 2. The van der Waals surface area contributed by atoms with E-state index >= 15 is 0 Å². The molecule has 0 fully saturated rings. The van der Waals surface area contributed by atoms with Crippen LogP contribution in [0.1, 0.15) is 22.3 Å². The Balaban J connectivity index is 1.78. The molecule has 0 saturated carbocycles. The van der Waals surface area contributed by atoms with E-state index in [1.807, 2.05) is 18.2 Å². The lowest BCUT2D eigenvalue weighted by Gasteiger charge is -2.32. The van der Waals surface area contributed by atoms with E-state index in [1.54, 1.807) is 18.2 Å². The van der Waals surface area contributed by atoms with Crippen LogP contribution in [-0.2, 0) is 19.8 Å². The van der Waals surface area contributed by atoms with E-state index in [4.69, 9.17) is 14.2 Å². The smallest absolute Gasteiger partial charge is 0.446 e. The quantitative estimate of drug-likeness (QED) is 0.677. The minimum absolute atomic E-state index is 0.167. The van der Waals surface area contributed by atoms with Crippen LogP contribution in [0.25, 0.3) is 0 Å². The molecule has 1 aromatic rings. The summed E-state index contributed by atoms with van der Waals surface area (Å²) in [7, 11) is 0. The van der Waals surface area contributed by atoms with Gasteiger partial charge in [-0.25, -0.2) is 9.59 Å². The molecule has 5 nitrogen and oxygen atoms in total. The maximum atomic E-state index is 12.0. The molecule has 0 radical (unpaired) electrons. The number of ether oxygens (including phenoxy) is 3. The summed E-state index contributed by atoms with van der Waals surface area (Å²) in [6.45, 7) is 0.167. The number of allylic oxidation sites excluding steroid dienone is 1. The van der Waals surface area contributed by atoms with Gasteiger partial charge in [-0.1, -0.05) is 18.2 Å². The highest BCUT2D eigenvalue weighted by molar-refractivity contribution is 5.95. The standard InChI is InChI=1S/C15H10O5/c16-13-10-3-1-2-4-11(10)15(20-13)6-5-12-9(7-15)8-18-14(17)19-12/h1-6H,7-8H2. The first-order chi connectivity index (χ1) is 9.68. The molecule has 0 saturated heterocycles. The number of fused-ring (bicyclic) bond motifs is 2. The van der Waals surface area contributed by atoms with Gasteiger partial charge in [0.1, 0.15) is 12.4 Å². The maximum Gasteiger partial charge on any atom is 0.514 e. The van der Waals surface area contributed by atoms with Crippen molar-refractivity contribution in [3.63, 3.8) is 0 Å². The van der Waals surface area contributed by atoms with Crippen LogP contribution in [-0.4, -0.2) is 18.7 Å². The summed E-state index contributed by atoms with van der Waals surface area (Å²) in [5.74, 6) is 0.162. The Morgan fingerprint density at radius 1 is 1.15 bits per heavy atom. The third kappa shape index (κ3) is 1.43. The van der Waals surface area contributed by atoms with Crippen molar-refractivity contribution in [2.75, 3.05) is 6.61 Å². The Morgan fingerprint density at radius 2 is 2.00 bits per heavy atom. The van der Waals surface area contributed by atoms with Crippen molar-refractivity contribution >= 4 is 12.1 Å². The number of cyclic esters (lactones) is 1. The molecule has 1 aliphatic carbocycles. The molecule has 1 atom stereocenters. The molecule has 1 unspecified atom stereocenters. The number of benzene rings is 1. The lowest BCUT2D eigenvalue weighted by molar-refractivity contribution is 0.00738. The molecule has 2 heterocycles. The summed E-state index contributed by atoms with van der Waals surface area (Å²) in [5.41, 5.74) is 1.43. The van der Waals surface area contributed by atoms with Gasteiger partial charge in [0.15, 0.2) is 5.60 Å². The van der Waals surface area contributed by atoms with Gasteiger partial charge in [-0.05, 0) is 18.2 Å². The molecule has 4 rings (SSSR count). The predicted molar refractivity (Wildman–Crippen MR) is 66.8 cm³/mol. The zero-order valence-corrected chi connectivity index (χ0v) is 10.4. The summed E-state index contributed by atoms with van der Waals surface area (Å²) in [5, 5.41) is 0.